The Balaban J connectivity index is 1.21. The number of carbonyl (C=O) groups excluding carboxylic acids is 1. The maximum atomic E-state index is 13.0. The molecule has 130 valence electrons. The van der Waals surface area contributed by atoms with E-state index >= 15 is 0 Å². The maximum absolute atomic E-state index is 13.0. The lowest BCUT2D eigenvalue weighted by molar-refractivity contribution is 0.0949. The number of likely N-dealkylation sites (tertiary alicyclic amines) is 1. The molecule has 1 heterocycles. The monoisotopic (exact) mass is 342 g/mol. The molecule has 2 aliphatic rings. The largest absolute Gasteiger partial charge is 0.351 e. The van der Waals surface area contributed by atoms with Crippen LogP contribution in [0.3, 0.4) is 0 Å². The molecule has 1 saturated heterocycles. The molecule has 1 aliphatic heterocycles. The molecule has 5 heteroatoms. The van der Waals surface area contributed by atoms with Crippen LogP contribution in [-0.4, -0.2) is 37.0 Å². The Morgan fingerprint density at radius 2 is 1.52 bits per heavy atom. The third kappa shape index (κ3) is 3.42. The third-order valence-corrected chi connectivity index (χ3v) is 5.34. The molecule has 3 nitrogen and oxygen atoms in total. The quantitative estimate of drug-likeness (QED) is 0.906. The van der Waals surface area contributed by atoms with Crippen molar-refractivity contribution < 1.29 is 13.6 Å². The SMILES string of the molecule is O=C(NCCN1CC2C(C1)C2c1ccc(F)cc1)c1ccc(F)cc1. The highest BCUT2D eigenvalue weighted by Crippen LogP contribution is 2.57. The molecule has 0 radical (unpaired) electrons. The minimum atomic E-state index is -0.344. The molecular weight excluding hydrogens is 322 g/mol. The topological polar surface area (TPSA) is 32.3 Å². The molecule has 2 atom stereocenters. The van der Waals surface area contributed by atoms with E-state index in [1.165, 1.54) is 42.0 Å². The van der Waals surface area contributed by atoms with Gasteiger partial charge in [0.1, 0.15) is 11.6 Å². The fourth-order valence-corrected chi connectivity index (χ4v) is 4.01. The van der Waals surface area contributed by atoms with Crippen LogP contribution in [0, 0.1) is 23.5 Å². The second-order valence-electron chi connectivity index (χ2n) is 6.93. The summed E-state index contributed by atoms with van der Waals surface area (Å²) in [5.41, 5.74) is 1.71. The first-order chi connectivity index (χ1) is 12.1. The molecule has 25 heavy (non-hydrogen) atoms. The smallest absolute Gasteiger partial charge is 0.251 e. The van der Waals surface area contributed by atoms with E-state index in [2.05, 4.69) is 10.2 Å². The zero-order valence-corrected chi connectivity index (χ0v) is 13.8. The Bertz CT molecular complexity index is 748. The standard InChI is InChI=1S/C20H20F2N2O/c21-15-5-1-13(2-6-15)19-17-11-24(12-18(17)19)10-9-23-20(25)14-3-7-16(22)8-4-14/h1-8,17-19H,9-12H2,(H,23,25). The molecule has 0 spiro atoms. The number of hydrogen-bond donors (Lipinski definition) is 1. The van der Waals surface area contributed by atoms with Crippen LogP contribution in [0.2, 0.25) is 0 Å². The van der Waals surface area contributed by atoms with Gasteiger partial charge in [-0.05, 0) is 59.7 Å². The first-order valence-electron chi connectivity index (χ1n) is 8.63. The fraction of sp³-hybridized carbons (Fsp3) is 0.350. The van der Waals surface area contributed by atoms with Crippen molar-refractivity contribution in [2.75, 3.05) is 26.2 Å². The zero-order chi connectivity index (χ0) is 17.4. The Morgan fingerprint density at radius 3 is 2.12 bits per heavy atom. The van der Waals surface area contributed by atoms with Gasteiger partial charge in [-0.1, -0.05) is 12.1 Å². The molecule has 2 unspecified atom stereocenters. The Kier molecular flexibility index (Phi) is 4.25. The summed E-state index contributed by atoms with van der Waals surface area (Å²) in [6, 6.07) is 12.4. The number of nitrogens with zero attached hydrogens (tertiary/aromatic N) is 1. The van der Waals surface area contributed by atoms with E-state index in [1.807, 2.05) is 12.1 Å². The van der Waals surface area contributed by atoms with Crippen molar-refractivity contribution in [3.8, 4) is 0 Å². The van der Waals surface area contributed by atoms with Crippen LogP contribution in [0.15, 0.2) is 48.5 Å². The summed E-state index contributed by atoms with van der Waals surface area (Å²) in [4.78, 5) is 14.3. The van der Waals surface area contributed by atoms with Gasteiger partial charge >= 0.3 is 0 Å². The van der Waals surface area contributed by atoms with E-state index in [-0.39, 0.29) is 17.5 Å². The lowest BCUT2D eigenvalue weighted by Gasteiger charge is -2.19. The Morgan fingerprint density at radius 1 is 0.960 bits per heavy atom. The molecule has 1 N–H and O–H groups in total. The van der Waals surface area contributed by atoms with Crippen molar-refractivity contribution >= 4 is 5.91 Å². The van der Waals surface area contributed by atoms with Gasteiger partial charge in [0.25, 0.3) is 5.91 Å². The van der Waals surface area contributed by atoms with Gasteiger partial charge < -0.3 is 10.2 Å². The fourth-order valence-electron chi connectivity index (χ4n) is 4.01. The van der Waals surface area contributed by atoms with Gasteiger partial charge in [-0.3, -0.25) is 4.79 Å². The number of hydrogen-bond acceptors (Lipinski definition) is 2. The summed E-state index contributed by atoms with van der Waals surface area (Å²) < 4.78 is 25.9. The van der Waals surface area contributed by atoms with Crippen LogP contribution in [0.4, 0.5) is 8.78 Å². The highest BCUT2D eigenvalue weighted by atomic mass is 19.1. The third-order valence-electron chi connectivity index (χ3n) is 5.34. The first kappa shape index (κ1) is 16.2. The summed E-state index contributed by atoms with van der Waals surface area (Å²) >= 11 is 0. The number of carbonyl (C=O) groups is 1. The molecule has 1 aliphatic carbocycles. The molecule has 2 aromatic rings. The van der Waals surface area contributed by atoms with Crippen LogP contribution < -0.4 is 5.32 Å². The number of benzene rings is 2. The lowest BCUT2D eigenvalue weighted by Crippen LogP contribution is -2.35. The minimum absolute atomic E-state index is 0.173. The average molecular weight is 342 g/mol. The molecular formula is C20H20F2N2O. The zero-order valence-electron chi connectivity index (χ0n) is 13.8. The van der Waals surface area contributed by atoms with E-state index in [0.29, 0.717) is 29.9 Å². The van der Waals surface area contributed by atoms with Crippen LogP contribution in [-0.2, 0) is 0 Å². The summed E-state index contributed by atoms with van der Waals surface area (Å²) in [6.45, 7) is 3.45. The van der Waals surface area contributed by atoms with Crippen molar-refractivity contribution in [3.63, 3.8) is 0 Å². The predicted molar refractivity (Wildman–Crippen MR) is 91.3 cm³/mol. The first-order valence-corrected chi connectivity index (χ1v) is 8.63. The van der Waals surface area contributed by atoms with Crippen molar-refractivity contribution in [2.45, 2.75) is 5.92 Å². The van der Waals surface area contributed by atoms with Gasteiger partial charge in [0.2, 0.25) is 0 Å². The number of rotatable bonds is 5. The van der Waals surface area contributed by atoms with Crippen molar-refractivity contribution in [1.82, 2.24) is 10.2 Å². The summed E-state index contributed by atoms with van der Waals surface area (Å²) in [6.07, 6.45) is 0. The molecule has 0 bridgehead atoms. The van der Waals surface area contributed by atoms with Crippen LogP contribution >= 0.6 is 0 Å². The lowest BCUT2D eigenvalue weighted by atomic mass is 10.1. The Hall–Kier alpha value is -2.27. The highest BCUT2D eigenvalue weighted by Gasteiger charge is 2.55. The van der Waals surface area contributed by atoms with Gasteiger partial charge in [0, 0.05) is 31.7 Å². The number of nitrogens with one attached hydrogen (secondary N) is 1. The normalized spacial score (nSPS) is 24.8. The number of amides is 1. The van der Waals surface area contributed by atoms with Crippen LogP contribution in [0.1, 0.15) is 21.8 Å². The molecule has 1 saturated carbocycles. The molecule has 2 aromatic carbocycles. The summed E-state index contributed by atoms with van der Waals surface area (Å²) in [5, 5.41) is 2.88. The maximum Gasteiger partial charge on any atom is 0.251 e. The van der Waals surface area contributed by atoms with Gasteiger partial charge in [-0.15, -0.1) is 0 Å². The molecule has 1 amide bonds. The number of fused-ring (bicyclic) bond motifs is 1. The highest BCUT2D eigenvalue weighted by molar-refractivity contribution is 5.94. The summed E-state index contributed by atoms with van der Waals surface area (Å²) in [7, 11) is 0. The van der Waals surface area contributed by atoms with Gasteiger partial charge in [0.15, 0.2) is 0 Å². The minimum Gasteiger partial charge on any atom is -0.351 e. The van der Waals surface area contributed by atoms with E-state index in [1.54, 1.807) is 0 Å². The van der Waals surface area contributed by atoms with Gasteiger partial charge in [-0.25, -0.2) is 8.78 Å². The van der Waals surface area contributed by atoms with Crippen LogP contribution in [0.25, 0.3) is 0 Å². The Labute approximate surface area is 145 Å². The van der Waals surface area contributed by atoms with Gasteiger partial charge in [-0.2, -0.15) is 0 Å². The van der Waals surface area contributed by atoms with E-state index in [0.717, 1.165) is 19.6 Å². The predicted octanol–water partition coefficient (Wildman–Crippen LogP) is 3.04. The van der Waals surface area contributed by atoms with Crippen molar-refractivity contribution in [2.24, 2.45) is 11.8 Å². The summed E-state index contributed by atoms with van der Waals surface area (Å²) in [5.74, 6) is 1.16. The van der Waals surface area contributed by atoms with Crippen molar-refractivity contribution in [3.05, 3.63) is 71.3 Å². The molecule has 2 fully saturated rings. The second-order valence-corrected chi connectivity index (χ2v) is 6.93. The van der Waals surface area contributed by atoms with E-state index in [9.17, 15) is 13.6 Å². The van der Waals surface area contributed by atoms with Crippen molar-refractivity contribution in [1.29, 1.82) is 0 Å². The van der Waals surface area contributed by atoms with E-state index in [4.69, 9.17) is 0 Å². The van der Waals surface area contributed by atoms with E-state index < -0.39 is 0 Å². The number of halogens is 2. The van der Waals surface area contributed by atoms with Gasteiger partial charge in [0.05, 0.1) is 0 Å². The molecule has 0 aromatic heterocycles. The van der Waals surface area contributed by atoms with Crippen LogP contribution in [0.5, 0.6) is 0 Å². The second kappa shape index (κ2) is 6.56. The average Bonchev–Trinajstić information content (AvgIpc) is 3.10. The number of piperidine rings is 1. The molecule has 4 rings (SSSR count).